The molecule has 2 unspecified atom stereocenters. The van der Waals surface area contributed by atoms with Crippen LogP contribution >= 0.6 is 23.2 Å². The minimum Gasteiger partial charge on any atom is -0.444 e. The number of halogens is 2. The molecule has 1 rings (SSSR count). The van der Waals surface area contributed by atoms with Crippen molar-refractivity contribution < 1.29 is 9.53 Å². The lowest BCUT2D eigenvalue weighted by molar-refractivity contribution is 0.0214. The van der Waals surface area contributed by atoms with Gasteiger partial charge in [-0.3, -0.25) is 0 Å². The number of allylic oxidation sites excluding steroid dienone is 1. The first-order valence-electron chi connectivity index (χ1n) is 7.58. The van der Waals surface area contributed by atoms with Crippen molar-refractivity contribution in [2.24, 2.45) is 0 Å². The third-order valence-electron chi connectivity index (χ3n) is 3.67. The van der Waals surface area contributed by atoms with E-state index in [9.17, 15) is 4.79 Å². The molecule has 1 aromatic carbocycles. The summed E-state index contributed by atoms with van der Waals surface area (Å²) in [5.41, 5.74) is 0.491. The monoisotopic (exact) mass is 357 g/mol. The Bertz CT molecular complexity index is 567. The number of hydrogen-bond donors (Lipinski definition) is 0. The van der Waals surface area contributed by atoms with E-state index in [2.05, 4.69) is 6.58 Å². The van der Waals surface area contributed by atoms with Gasteiger partial charge in [-0.05, 0) is 51.8 Å². The number of carbonyl (C=O) groups excluding carboxylic acids is 1. The predicted octanol–water partition coefficient (Wildman–Crippen LogP) is 5.91. The highest BCUT2D eigenvalue weighted by Gasteiger charge is 2.28. The second-order valence-corrected chi connectivity index (χ2v) is 7.45. The molecule has 0 saturated heterocycles. The number of carbonyl (C=O) groups is 1. The maximum absolute atomic E-state index is 12.3. The van der Waals surface area contributed by atoms with Crippen LogP contribution in [0.2, 0.25) is 10.0 Å². The third-order valence-corrected chi connectivity index (χ3v) is 4.41. The summed E-state index contributed by atoms with van der Waals surface area (Å²) < 4.78 is 5.44. The average molecular weight is 358 g/mol. The number of ether oxygens (including phenoxy) is 1. The number of likely N-dealkylation sites (N-methyl/N-ethyl adjacent to an activating group) is 1. The van der Waals surface area contributed by atoms with Crippen LogP contribution in [0.5, 0.6) is 0 Å². The molecule has 0 spiro atoms. The van der Waals surface area contributed by atoms with Crippen LogP contribution in [0, 0.1) is 0 Å². The van der Waals surface area contributed by atoms with Crippen LogP contribution in [0.25, 0.3) is 0 Å². The number of hydrogen-bond acceptors (Lipinski definition) is 2. The van der Waals surface area contributed by atoms with E-state index in [1.165, 1.54) is 0 Å². The number of nitrogens with zero attached hydrogens (tertiary/aromatic N) is 1. The van der Waals surface area contributed by atoms with E-state index < -0.39 is 5.60 Å². The van der Waals surface area contributed by atoms with Crippen LogP contribution in [0.4, 0.5) is 4.79 Å². The Hall–Kier alpha value is -1.19. The van der Waals surface area contributed by atoms with E-state index in [1.807, 2.05) is 45.9 Å². The molecular formula is C18H25Cl2NO2. The lowest BCUT2D eigenvalue weighted by Gasteiger charge is -2.33. The van der Waals surface area contributed by atoms with Crippen molar-refractivity contribution in [2.75, 3.05) is 7.05 Å². The quantitative estimate of drug-likeness (QED) is 0.613. The standard InChI is InChI=1S/C18H25Cl2NO2/c1-7-8-14(13-9-10-15(19)16(20)11-13)12(2)21(6)17(22)23-18(3,4)5/h7,9-12,14H,1,8H2,2-6H3. The number of benzene rings is 1. The van der Waals surface area contributed by atoms with Crippen molar-refractivity contribution in [3.8, 4) is 0 Å². The minimum absolute atomic E-state index is 0.0554. The SMILES string of the molecule is C=CCC(c1ccc(Cl)c(Cl)c1)C(C)N(C)C(=O)OC(C)(C)C. The minimum atomic E-state index is -0.525. The maximum Gasteiger partial charge on any atom is 0.410 e. The lowest BCUT2D eigenvalue weighted by atomic mass is 9.89. The zero-order valence-electron chi connectivity index (χ0n) is 14.4. The van der Waals surface area contributed by atoms with Crippen LogP contribution in [-0.4, -0.2) is 29.7 Å². The molecule has 0 N–H and O–H groups in total. The van der Waals surface area contributed by atoms with Gasteiger partial charge < -0.3 is 9.64 Å². The third kappa shape index (κ3) is 5.74. The molecule has 1 aromatic rings. The fourth-order valence-electron chi connectivity index (χ4n) is 2.30. The molecule has 0 saturated carbocycles. The van der Waals surface area contributed by atoms with Crippen molar-refractivity contribution in [3.05, 3.63) is 46.5 Å². The first kappa shape index (κ1) is 19.9. The molecule has 3 nitrogen and oxygen atoms in total. The van der Waals surface area contributed by atoms with Gasteiger partial charge in [-0.25, -0.2) is 4.79 Å². The van der Waals surface area contributed by atoms with Gasteiger partial charge >= 0.3 is 6.09 Å². The topological polar surface area (TPSA) is 29.5 Å². The molecule has 0 radical (unpaired) electrons. The second-order valence-electron chi connectivity index (χ2n) is 6.64. The largest absolute Gasteiger partial charge is 0.444 e. The molecule has 0 bridgehead atoms. The summed E-state index contributed by atoms with van der Waals surface area (Å²) in [5.74, 6) is 0.0554. The Kier molecular flexibility index (Phi) is 6.97. The van der Waals surface area contributed by atoms with Gasteiger partial charge in [0.05, 0.1) is 10.0 Å². The van der Waals surface area contributed by atoms with Gasteiger partial charge in [0, 0.05) is 19.0 Å². The van der Waals surface area contributed by atoms with Crippen LogP contribution in [0.3, 0.4) is 0 Å². The van der Waals surface area contributed by atoms with Crippen molar-refractivity contribution in [3.63, 3.8) is 0 Å². The van der Waals surface area contributed by atoms with Gasteiger partial charge in [-0.1, -0.05) is 35.3 Å². The fraction of sp³-hybridized carbons (Fsp3) is 0.500. The van der Waals surface area contributed by atoms with Gasteiger partial charge in [0.15, 0.2) is 0 Å². The highest BCUT2D eigenvalue weighted by atomic mass is 35.5. The summed E-state index contributed by atoms with van der Waals surface area (Å²) in [6.07, 6.45) is 2.21. The highest BCUT2D eigenvalue weighted by Crippen LogP contribution is 2.32. The smallest absolute Gasteiger partial charge is 0.410 e. The van der Waals surface area contributed by atoms with Gasteiger partial charge in [0.1, 0.15) is 5.60 Å². The summed E-state index contributed by atoms with van der Waals surface area (Å²) in [5, 5.41) is 1.02. The Labute approximate surface area is 149 Å². The van der Waals surface area contributed by atoms with Crippen LogP contribution in [-0.2, 0) is 4.74 Å². The van der Waals surface area contributed by atoms with E-state index in [-0.39, 0.29) is 18.1 Å². The van der Waals surface area contributed by atoms with Gasteiger partial charge in [0.25, 0.3) is 0 Å². The normalized spacial score (nSPS) is 14.0. The first-order valence-corrected chi connectivity index (χ1v) is 8.34. The zero-order chi connectivity index (χ0) is 17.8. The fourth-order valence-corrected chi connectivity index (χ4v) is 2.61. The number of rotatable bonds is 5. The molecule has 128 valence electrons. The molecule has 0 aliphatic heterocycles. The van der Waals surface area contributed by atoms with Gasteiger partial charge in [-0.15, -0.1) is 6.58 Å². The summed E-state index contributed by atoms with van der Waals surface area (Å²) in [7, 11) is 1.74. The van der Waals surface area contributed by atoms with Gasteiger partial charge in [-0.2, -0.15) is 0 Å². The number of amides is 1. The molecule has 1 amide bonds. The molecule has 5 heteroatoms. The molecule has 0 aliphatic carbocycles. The zero-order valence-corrected chi connectivity index (χ0v) is 15.9. The highest BCUT2D eigenvalue weighted by molar-refractivity contribution is 6.42. The summed E-state index contributed by atoms with van der Waals surface area (Å²) in [6.45, 7) is 11.4. The van der Waals surface area contributed by atoms with Crippen LogP contribution in [0.15, 0.2) is 30.9 Å². The average Bonchev–Trinajstić information content (AvgIpc) is 2.44. The van der Waals surface area contributed by atoms with E-state index in [0.29, 0.717) is 16.5 Å². The predicted molar refractivity (Wildman–Crippen MR) is 97.5 cm³/mol. The molecule has 0 fully saturated rings. The van der Waals surface area contributed by atoms with Crippen LogP contribution < -0.4 is 0 Å². The maximum atomic E-state index is 12.3. The van der Waals surface area contributed by atoms with Crippen molar-refractivity contribution in [1.29, 1.82) is 0 Å². The van der Waals surface area contributed by atoms with E-state index in [1.54, 1.807) is 18.0 Å². The van der Waals surface area contributed by atoms with Gasteiger partial charge in [0.2, 0.25) is 0 Å². The van der Waals surface area contributed by atoms with Crippen molar-refractivity contribution in [2.45, 2.75) is 51.7 Å². The molecule has 0 aromatic heterocycles. The lowest BCUT2D eigenvalue weighted by Crippen LogP contribution is -2.42. The molecule has 2 atom stereocenters. The van der Waals surface area contributed by atoms with Crippen molar-refractivity contribution >= 4 is 29.3 Å². The van der Waals surface area contributed by atoms with E-state index >= 15 is 0 Å². The van der Waals surface area contributed by atoms with Crippen molar-refractivity contribution in [1.82, 2.24) is 4.90 Å². The Balaban J connectivity index is 3.01. The molecule has 0 heterocycles. The Morgan fingerprint density at radius 3 is 2.43 bits per heavy atom. The molecular weight excluding hydrogens is 333 g/mol. The molecule has 23 heavy (non-hydrogen) atoms. The second kappa shape index (κ2) is 8.07. The van der Waals surface area contributed by atoms with E-state index in [4.69, 9.17) is 27.9 Å². The first-order chi connectivity index (χ1) is 10.6. The van der Waals surface area contributed by atoms with Crippen LogP contribution in [0.1, 0.15) is 45.6 Å². The summed E-state index contributed by atoms with van der Waals surface area (Å²) in [4.78, 5) is 13.9. The summed E-state index contributed by atoms with van der Waals surface area (Å²) in [6, 6.07) is 5.47. The summed E-state index contributed by atoms with van der Waals surface area (Å²) >= 11 is 12.1. The van der Waals surface area contributed by atoms with E-state index in [0.717, 1.165) is 5.56 Å². The Morgan fingerprint density at radius 1 is 1.35 bits per heavy atom. The Morgan fingerprint density at radius 2 is 1.96 bits per heavy atom. The molecule has 0 aliphatic rings.